The molecule has 1 aromatic heterocycles. The Bertz CT molecular complexity index is 391. The average Bonchev–Trinajstić information content (AvgIpc) is 2.64. The van der Waals surface area contributed by atoms with E-state index < -0.39 is 0 Å². The number of alkyl halides is 1. The van der Waals surface area contributed by atoms with Crippen molar-refractivity contribution >= 4 is 28.8 Å². The van der Waals surface area contributed by atoms with Gasteiger partial charge in [-0.25, -0.2) is 0 Å². The molecule has 2 nitrogen and oxygen atoms in total. The van der Waals surface area contributed by atoms with Crippen LogP contribution in [-0.2, 0) is 0 Å². The predicted molar refractivity (Wildman–Crippen MR) is 73.1 cm³/mol. The number of hydrogen-bond donors (Lipinski definition) is 0. The van der Waals surface area contributed by atoms with Crippen LogP contribution in [0.5, 0.6) is 0 Å². The summed E-state index contributed by atoms with van der Waals surface area (Å²) >= 11 is 7.54. The molecule has 0 radical (unpaired) electrons. The van der Waals surface area contributed by atoms with Gasteiger partial charge >= 0.3 is 0 Å². The lowest BCUT2D eigenvalue weighted by Gasteiger charge is -2.28. The minimum absolute atomic E-state index is 0.171. The van der Waals surface area contributed by atoms with Crippen molar-refractivity contribution in [1.82, 2.24) is 4.90 Å². The van der Waals surface area contributed by atoms with E-state index in [9.17, 15) is 4.79 Å². The fourth-order valence-electron chi connectivity index (χ4n) is 2.33. The van der Waals surface area contributed by atoms with Gasteiger partial charge in [-0.3, -0.25) is 4.79 Å². The second-order valence-electron chi connectivity index (χ2n) is 4.59. The van der Waals surface area contributed by atoms with Crippen LogP contribution >= 0.6 is 22.9 Å². The first-order valence-corrected chi connectivity index (χ1v) is 7.56. The summed E-state index contributed by atoms with van der Waals surface area (Å²) in [6.07, 6.45) is 4.54. The van der Waals surface area contributed by atoms with Crippen LogP contribution in [0.3, 0.4) is 0 Å². The van der Waals surface area contributed by atoms with E-state index in [0.29, 0.717) is 5.88 Å². The summed E-state index contributed by atoms with van der Waals surface area (Å²) in [7, 11) is 0. The first kappa shape index (κ1) is 12.9. The normalized spacial score (nSPS) is 21.3. The molecule has 0 saturated carbocycles. The van der Waals surface area contributed by atoms with Crippen molar-refractivity contribution in [3.63, 3.8) is 0 Å². The summed E-state index contributed by atoms with van der Waals surface area (Å²) in [6.45, 7) is 2.85. The second kappa shape index (κ2) is 5.87. The van der Waals surface area contributed by atoms with Gasteiger partial charge in [0.2, 0.25) is 0 Å². The van der Waals surface area contributed by atoms with E-state index in [0.717, 1.165) is 29.8 Å². The summed E-state index contributed by atoms with van der Waals surface area (Å²) in [5.41, 5.74) is 1.08. The molecule has 17 heavy (non-hydrogen) atoms. The monoisotopic (exact) mass is 271 g/mol. The van der Waals surface area contributed by atoms with Crippen molar-refractivity contribution in [3.05, 3.63) is 21.9 Å². The van der Waals surface area contributed by atoms with Gasteiger partial charge in [-0.2, -0.15) is 0 Å². The number of thiophene rings is 1. The zero-order valence-electron chi connectivity index (χ0n) is 10.1. The van der Waals surface area contributed by atoms with Crippen LogP contribution in [-0.4, -0.2) is 29.3 Å². The number of carbonyl (C=O) groups is 1. The molecule has 4 heteroatoms. The topological polar surface area (TPSA) is 20.3 Å². The molecule has 0 N–H and O–H groups in total. The van der Waals surface area contributed by atoms with Gasteiger partial charge in [0.25, 0.3) is 5.91 Å². The third-order valence-electron chi connectivity index (χ3n) is 3.37. The highest BCUT2D eigenvalue weighted by atomic mass is 35.5. The summed E-state index contributed by atoms with van der Waals surface area (Å²) in [6, 6.07) is 2.22. The van der Waals surface area contributed by atoms with Gasteiger partial charge in [-0.05, 0) is 36.8 Å². The third-order valence-corrected chi connectivity index (χ3v) is 4.73. The molecular formula is C13H18ClNOS. The summed E-state index contributed by atoms with van der Waals surface area (Å²) < 4.78 is 0. The van der Waals surface area contributed by atoms with E-state index in [1.165, 1.54) is 24.2 Å². The molecule has 1 atom stereocenters. The molecule has 94 valence electrons. The van der Waals surface area contributed by atoms with Crippen molar-refractivity contribution in [2.24, 2.45) is 0 Å². The Kier molecular flexibility index (Phi) is 4.46. The highest BCUT2D eigenvalue weighted by molar-refractivity contribution is 7.12. The van der Waals surface area contributed by atoms with Crippen LogP contribution in [0.15, 0.2) is 11.4 Å². The van der Waals surface area contributed by atoms with E-state index in [-0.39, 0.29) is 11.9 Å². The number of carbonyl (C=O) groups excluding carboxylic acids is 1. The first-order valence-electron chi connectivity index (χ1n) is 6.15. The lowest BCUT2D eigenvalue weighted by atomic mass is 10.1. The fourth-order valence-corrected chi connectivity index (χ4v) is 3.53. The van der Waals surface area contributed by atoms with Crippen molar-refractivity contribution < 1.29 is 4.79 Å². The van der Waals surface area contributed by atoms with Crippen molar-refractivity contribution in [2.75, 3.05) is 12.4 Å². The quantitative estimate of drug-likeness (QED) is 0.752. The van der Waals surface area contributed by atoms with Crippen LogP contribution in [0.25, 0.3) is 0 Å². The molecule has 1 aliphatic heterocycles. The van der Waals surface area contributed by atoms with Crippen LogP contribution < -0.4 is 0 Å². The standard InChI is InChI=1S/C13H18ClNOS/c1-10-6-8-17-12(10)13(16)15-7-4-2-3-5-11(15)9-14/h6,8,11H,2-5,7,9H2,1H3. The number of hydrogen-bond acceptors (Lipinski definition) is 2. The molecule has 0 bridgehead atoms. The lowest BCUT2D eigenvalue weighted by Crippen LogP contribution is -2.41. The summed E-state index contributed by atoms with van der Waals surface area (Å²) in [5.74, 6) is 0.723. The summed E-state index contributed by atoms with van der Waals surface area (Å²) in [4.78, 5) is 15.3. The van der Waals surface area contributed by atoms with E-state index in [1.54, 1.807) is 0 Å². The maximum absolute atomic E-state index is 12.5. The van der Waals surface area contributed by atoms with Crippen LogP contribution in [0.1, 0.15) is 40.9 Å². The molecule has 0 spiro atoms. The molecule has 0 aliphatic carbocycles. The van der Waals surface area contributed by atoms with Crippen LogP contribution in [0, 0.1) is 6.92 Å². The summed E-state index contributed by atoms with van der Waals surface area (Å²) in [5, 5.41) is 1.98. The molecule has 1 aliphatic rings. The molecule has 1 fully saturated rings. The number of aryl methyl sites for hydroxylation is 1. The molecule has 2 heterocycles. The lowest BCUT2D eigenvalue weighted by molar-refractivity contribution is 0.0704. The van der Waals surface area contributed by atoms with Gasteiger partial charge in [0.1, 0.15) is 0 Å². The number of halogens is 1. The van der Waals surface area contributed by atoms with E-state index in [4.69, 9.17) is 11.6 Å². The zero-order valence-corrected chi connectivity index (χ0v) is 11.7. The molecular weight excluding hydrogens is 254 g/mol. The zero-order chi connectivity index (χ0) is 12.3. The maximum Gasteiger partial charge on any atom is 0.264 e. The van der Waals surface area contributed by atoms with Crippen molar-refractivity contribution in [2.45, 2.75) is 38.6 Å². The van der Waals surface area contributed by atoms with Gasteiger partial charge in [-0.15, -0.1) is 22.9 Å². The Morgan fingerprint density at radius 3 is 3.00 bits per heavy atom. The minimum Gasteiger partial charge on any atom is -0.334 e. The molecule has 1 amide bonds. The molecule has 2 rings (SSSR count). The molecule has 1 saturated heterocycles. The average molecular weight is 272 g/mol. The molecule has 1 aromatic rings. The Morgan fingerprint density at radius 2 is 2.35 bits per heavy atom. The van der Waals surface area contributed by atoms with E-state index >= 15 is 0 Å². The van der Waals surface area contributed by atoms with Gasteiger partial charge in [-0.1, -0.05) is 12.8 Å². The Balaban J connectivity index is 2.18. The van der Waals surface area contributed by atoms with Gasteiger partial charge in [0.05, 0.1) is 4.88 Å². The Labute approximate surface area is 112 Å². The number of nitrogens with zero attached hydrogens (tertiary/aromatic N) is 1. The maximum atomic E-state index is 12.5. The first-order chi connectivity index (χ1) is 8.24. The van der Waals surface area contributed by atoms with Crippen molar-refractivity contribution in [3.8, 4) is 0 Å². The largest absolute Gasteiger partial charge is 0.334 e. The Hall–Kier alpha value is -0.540. The number of amides is 1. The molecule has 0 aromatic carbocycles. The third kappa shape index (κ3) is 2.83. The van der Waals surface area contributed by atoms with Crippen molar-refractivity contribution in [1.29, 1.82) is 0 Å². The SMILES string of the molecule is Cc1ccsc1C(=O)N1CCCCCC1CCl. The number of rotatable bonds is 2. The minimum atomic E-state index is 0.171. The Morgan fingerprint density at radius 1 is 1.53 bits per heavy atom. The fraction of sp³-hybridized carbons (Fsp3) is 0.615. The van der Waals surface area contributed by atoms with Gasteiger partial charge in [0, 0.05) is 18.5 Å². The van der Waals surface area contributed by atoms with Gasteiger partial charge < -0.3 is 4.90 Å². The van der Waals surface area contributed by atoms with Crippen LogP contribution in [0.4, 0.5) is 0 Å². The highest BCUT2D eigenvalue weighted by Gasteiger charge is 2.26. The highest BCUT2D eigenvalue weighted by Crippen LogP contribution is 2.24. The van der Waals surface area contributed by atoms with Crippen LogP contribution in [0.2, 0.25) is 0 Å². The second-order valence-corrected chi connectivity index (χ2v) is 5.81. The predicted octanol–water partition coefficient (Wildman–Crippen LogP) is 3.68. The molecule has 1 unspecified atom stereocenters. The van der Waals surface area contributed by atoms with Gasteiger partial charge in [0.15, 0.2) is 0 Å². The van der Waals surface area contributed by atoms with E-state index in [1.807, 2.05) is 23.3 Å². The smallest absolute Gasteiger partial charge is 0.264 e. The van der Waals surface area contributed by atoms with E-state index in [2.05, 4.69) is 0 Å². The number of likely N-dealkylation sites (tertiary alicyclic amines) is 1.